The lowest BCUT2D eigenvalue weighted by molar-refractivity contribution is 0.0940. The Labute approximate surface area is 145 Å². The molecule has 0 bridgehead atoms. The summed E-state index contributed by atoms with van der Waals surface area (Å²) in [7, 11) is 3.91. The molecule has 0 radical (unpaired) electrons. The molecule has 1 N–H and O–H groups in total. The molecule has 2 heterocycles. The number of nitrogens with one attached hydrogen (secondary N) is 1. The Morgan fingerprint density at radius 3 is 2.60 bits per heavy atom. The van der Waals surface area contributed by atoms with Crippen molar-refractivity contribution in [2.45, 2.75) is 6.04 Å². The Kier molecular flexibility index (Phi) is 4.90. The highest BCUT2D eigenvalue weighted by atomic mass is 16.2. The molecule has 1 aromatic carbocycles. The molecular weight excluding hydrogens is 316 g/mol. The van der Waals surface area contributed by atoms with Crippen LogP contribution in [0.25, 0.3) is 5.65 Å². The molecule has 6 heteroatoms. The van der Waals surface area contributed by atoms with Crippen molar-refractivity contribution in [1.82, 2.24) is 19.6 Å². The Morgan fingerprint density at radius 2 is 1.88 bits per heavy atom. The number of rotatable bonds is 5. The van der Waals surface area contributed by atoms with Crippen LogP contribution in [0.5, 0.6) is 0 Å². The number of pyridine rings is 1. The molecule has 3 rings (SSSR count). The summed E-state index contributed by atoms with van der Waals surface area (Å²) in [5.74, 6) is -0.418. The molecule has 1 atom stereocenters. The minimum Gasteiger partial charge on any atom is -0.350 e. The highest BCUT2D eigenvalue weighted by Crippen LogP contribution is 2.16. The maximum Gasteiger partial charge on any atom is 0.270 e. The van der Waals surface area contributed by atoms with Crippen LogP contribution < -0.4 is 10.9 Å². The van der Waals surface area contributed by atoms with Gasteiger partial charge in [0, 0.05) is 18.9 Å². The Bertz CT molecular complexity index is 935. The van der Waals surface area contributed by atoms with Gasteiger partial charge in [-0.2, -0.15) is 0 Å². The van der Waals surface area contributed by atoms with Crippen molar-refractivity contribution in [2.75, 3.05) is 20.6 Å². The standard InChI is InChI=1S/C19H20N4O2/c1-22(2)16(14-8-4-3-5-9-14)13-21-18(24)15-12-20-17-10-6-7-11-23(17)19(15)25/h3-12,16H,13H2,1-2H3,(H,21,24). The Balaban J connectivity index is 1.80. The summed E-state index contributed by atoms with van der Waals surface area (Å²) in [6.45, 7) is 0.396. The first kappa shape index (κ1) is 16.9. The molecule has 1 unspecified atom stereocenters. The predicted octanol–water partition coefficient (Wildman–Crippen LogP) is 1.73. The van der Waals surface area contributed by atoms with Gasteiger partial charge in [0.2, 0.25) is 0 Å². The van der Waals surface area contributed by atoms with Gasteiger partial charge in [0.05, 0.1) is 6.04 Å². The number of carbonyl (C=O) groups is 1. The molecule has 0 aliphatic rings. The van der Waals surface area contributed by atoms with Crippen LogP contribution in [0.2, 0.25) is 0 Å². The summed E-state index contributed by atoms with van der Waals surface area (Å²) in [5, 5.41) is 2.85. The first-order valence-corrected chi connectivity index (χ1v) is 8.04. The molecule has 3 aromatic rings. The number of nitrogens with zero attached hydrogens (tertiary/aromatic N) is 3. The van der Waals surface area contributed by atoms with Crippen LogP contribution in [0.3, 0.4) is 0 Å². The average Bonchev–Trinajstić information content (AvgIpc) is 2.63. The lowest BCUT2D eigenvalue weighted by atomic mass is 10.1. The third-order valence-corrected chi connectivity index (χ3v) is 4.12. The van der Waals surface area contributed by atoms with Crippen LogP contribution in [0.15, 0.2) is 65.7 Å². The smallest absolute Gasteiger partial charge is 0.270 e. The van der Waals surface area contributed by atoms with E-state index in [0.717, 1.165) is 5.56 Å². The number of benzene rings is 1. The fourth-order valence-electron chi connectivity index (χ4n) is 2.74. The number of amides is 1. The number of fused-ring (bicyclic) bond motifs is 1. The van der Waals surface area contributed by atoms with Gasteiger partial charge >= 0.3 is 0 Å². The summed E-state index contributed by atoms with van der Waals surface area (Å²) in [6, 6.07) is 15.2. The van der Waals surface area contributed by atoms with Gasteiger partial charge in [-0.1, -0.05) is 36.4 Å². The summed E-state index contributed by atoms with van der Waals surface area (Å²) < 4.78 is 1.37. The molecule has 0 aliphatic carbocycles. The van der Waals surface area contributed by atoms with Gasteiger partial charge in [-0.05, 0) is 31.8 Å². The fraction of sp³-hybridized carbons (Fsp3) is 0.211. The van der Waals surface area contributed by atoms with E-state index in [-0.39, 0.29) is 17.2 Å². The number of aromatic nitrogens is 2. The Morgan fingerprint density at radius 1 is 1.16 bits per heavy atom. The lowest BCUT2D eigenvalue weighted by Crippen LogP contribution is -2.37. The monoisotopic (exact) mass is 336 g/mol. The van der Waals surface area contributed by atoms with Gasteiger partial charge in [-0.15, -0.1) is 0 Å². The van der Waals surface area contributed by atoms with Crippen molar-refractivity contribution < 1.29 is 4.79 Å². The number of likely N-dealkylation sites (N-methyl/N-ethyl adjacent to an activating group) is 1. The van der Waals surface area contributed by atoms with Gasteiger partial charge in [-0.25, -0.2) is 4.98 Å². The van der Waals surface area contributed by atoms with Crippen molar-refractivity contribution in [3.8, 4) is 0 Å². The maximum atomic E-state index is 12.5. The molecule has 1 amide bonds. The van der Waals surface area contributed by atoms with E-state index in [1.54, 1.807) is 24.4 Å². The van der Waals surface area contributed by atoms with Crippen molar-refractivity contribution in [1.29, 1.82) is 0 Å². The second-order valence-electron chi connectivity index (χ2n) is 6.01. The van der Waals surface area contributed by atoms with Gasteiger partial charge in [-0.3, -0.25) is 14.0 Å². The van der Waals surface area contributed by atoms with E-state index >= 15 is 0 Å². The van der Waals surface area contributed by atoms with Crippen LogP contribution in [0, 0.1) is 0 Å². The molecule has 25 heavy (non-hydrogen) atoms. The quantitative estimate of drug-likeness (QED) is 0.770. The third kappa shape index (κ3) is 3.59. The lowest BCUT2D eigenvalue weighted by Gasteiger charge is -2.25. The van der Waals surface area contributed by atoms with Gasteiger partial charge < -0.3 is 10.2 Å². The normalized spacial score (nSPS) is 12.3. The third-order valence-electron chi connectivity index (χ3n) is 4.12. The van der Waals surface area contributed by atoms with E-state index in [2.05, 4.69) is 10.3 Å². The Hall–Kier alpha value is -2.99. The summed E-state index contributed by atoms with van der Waals surface area (Å²) in [5.41, 5.74) is 1.28. The number of carbonyl (C=O) groups excluding carboxylic acids is 1. The molecule has 0 saturated heterocycles. The summed E-state index contributed by atoms with van der Waals surface area (Å²) in [6.07, 6.45) is 2.94. The molecule has 6 nitrogen and oxygen atoms in total. The van der Waals surface area contributed by atoms with Crippen LogP contribution in [0.4, 0.5) is 0 Å². The minimum atomic E-state index is -0.418. The minimum absolute atomic E-state index is 0.0151. The summed E-state index contributed by atoms with van der Waals surface area (Å²) in [4.78, 5) is 31.2. The molecule has 0 saturated carbocycles. The number of hydrogen-bond acceptors (Lipinski definition) is 4. The van der Waals surface area contributed by atoms with Gasteiger partial charge in [0.25, 0.3) is 11.5 Å². The predicted molar refractivity (Wildman–Crippen MR) is 96.7 cm³/mol. The zero-order chi connectivity index (χ0) is 17.8. The van der Waals surface area contributed by atoms with E-state index in [1.807, 2.05) is 49.3 Å². The average molecular weight is 336 g/mol. The molecule has 2 aromatic heterocycles. The largest absolute Gasteiger partial charge is 0.350 e. The van der Waals surface area contributed by atoms with Crippen LogP contribution in [-0.4, -0.2) is 40.8 Å². The summed E-state index contributed by atoms with van der Waals surface area (Å²) >= 11 is 0. The van der Waals surface area contributed by atoms with E-state index in [0.29, 0.717) is 12.2 Å². The number of hydrogen-bond donors (Lipinski definition) is 1. The van der Waals surface area contributed by atoms with Gasteiger partial charge in [0.1, 0.15) is 11.2 Å². The van der Waals surface area contributed by atoms with Crippen molar-refractivity contribution in [3.63, 3.8) is 0 Å². The van der Waals surface area contributed by atoms with Crippen LogP contribution in [0.1, 0.15) is 22.0 Å². The molecule has 0 spiro atoms. The van der Waals surface area contributed by atoms with Gasteiger partial charge in [0.15, 0.2) is 0 Å². The fourth-order valence-corrected chi connectivity index (χ4v) is 2.74. The zero-order valence-corrected chi connectivity index (χ0v) is 14.2. The zero-order valence-electron chi connectivity index (χ0n) is 14.2. The molecule has 128 valence electrons. The van der Waals surface area contributed by atoms with E-state index in [4.69, 9.17) is 0 Å². The molecule has 0 fully saturated rings. The maximum absolute atomic E-state index is 12.5. The van der Waals surface area contributed by atoms with Crippen molar-refractivity contribution in [2.24, 2.45) is 0 Å². The first-order valence-electron chi connectivity index (χ1n) is 8.04. The van der Waals surface area contributed by atoms with E-state index < -0.39 is 5.91 Å². The topological polar surface area (TPSA) is 66.7 Å². The van der Waals surface area contributed by atoms with Crippen molar-refractivity contribution in [3.05, 3.63) is 82.4 Å². The first-order chi connectivity index (χ1) is 12.1. The molecular formula is C19H20N4O2. The SMILES string of the molecule is CN(C)C(CNC(=O)c1cnc2ccccn2c1=O)c1ccccc1. The van der Waals surface area contributed by atoms with Crippen LogP contribution >= 0.6 is 0 Å². The van der Waals surface area contributed by atoms with Crippen molar-refractivity contribution >= 4 is 11.6 Å². The van der Waals surface area contributed by atoms with Crippen LogP contribution in [-0.2, 0) is 0 Å². The highest BCUT2D eigenvalue weighted by Gasteiger charge is 2.18. The second kappa shape index (κ2) is 7.27. The second-order valence-corrected chi connectivity index (χ2v) is 6.01. The molecule has 0 aliphatic heterocycles. The van der Waals surface area contributed by atoms with E-state index in [9.17, 15) is 9.59 Å². The highest BCUT2D eigenvalue weighted by molar-refractivity contribution is 5.93. The van der Waals surface area contributed by atoms with E-state index in [1.165, 1.54) is 10.6 Å².